The molecule has 2 N–H and O–H groups in total. The predicted molar refractivity (Wildman–Crippen MR) is 104 cm³/mol. The third kappa shape index (κ3) is 4.81. The fraction of sp³-hybridized carbons (Fsp3) is 0.550. The standard InChI is InChI=1S/C20H27N3O5/c1-12(2)20(26)21-14-4-6-23(7-5-14)10-19(25)22-16-9-18-17(27-11-28-18)8-15(16)13(3)24/h8-9,12,14H,4-7,10-11H2,1-3H3,(H,21,26)(H,22,25). The zero-order chi connectivity index (χ0) is 20.3. The lowest BCUT2D eigenvalue weighted by Crippen LogP contribution is -2.47. The number of nitrogens with one attached hydrogen (secondary N) is 2. The second-order valence-electron chi connectivity index (χ2n) is 7.57. The molecule has 2 aliphatic heterocycles. The molecule has 152 valence electrons. The number of carbonyl (C=O) groups excluding carboxylic acids is 3. The molecule has 8 nitrogen and oxygen atoms in total. The van der Waals surface area contributed by atoms with Crippen LogP contribution in [0.2, 0.25) is 0 Å². The van der Waals surface area contributed by atoms with Gasteiger partial charge in [0.15, 0.2) is 17.3 Å². The summed E-state index contributed by atoms with van der Waals surface area (Å²) in [6, 6.07) is 3.39. The number of carbonyl (C=O) groups is 3. The lowest BCUT2D eigenvalue weighted by molar-refractivity contribution is -0.125. The van der Waals surface area contributed by atoms with Crippen molar-refractivity contribution in [3.05, 3.63) is 17.7 Å². The summed E-state index contributed by atoms with van der Waals surface area (Å²) in [5.41, 5.74) is 0.827. The number of fused-ring (bicyclic) bond motifs is 1. The minimum absolute atomic E-state index is 0.0269. The second kappa shape index (κ2) is 8.60. The quantitative estimate of drug-likeness (QED) is 0.720. The molecular formula is C20H27N3O5. The lowest BCUT2D eigenvalue weighted by atomic mass is 10.0. The van der Waals surface area contributed by atoms with Gasteiger partial charge in [-0.1, -0.05) is 13.8 Å². The largest absolute Gasteiger partial charge is 0.454 e. The SMILES string of the molecule is CC(=O)c1cc2c(cc1NC(=O)CN1CCC(NC(=O)C(C)C)CC1)OCO2. The van der Waals surface area contributed by atoms with Crippen molar-refractivity contribution in [3.63, 3.8) is 0 Å². The van der Waals surface area contributed by atoms with E-state index >= 15 is 0 Å². The highest BCUT2D eigenvalue weighted by atomic mass is 16.7. The Hall–Kier alpha value is -2.61. The normalized spacial score (nSPS) is 16.9. The van der Waals surface area contributed by atoms with Crippen molar-refractivity contribution in [2.45, 2.75) is 39.7 Å². The van der Waals surface area contributed by atoms with E-state index < -0.39 is 0 Å². The number of Topliss-reactive ketones (excluding diaryl/α,β-unsaturated/α-hetero) is 1. The average molecular weight is 389 g/mol. The van der Waals surface area contributed by atoms with E-state index in [-0.39, 0.29) is 42.9 Å². The van der Waals surface area contributed by atoms with E-state index in [1.165, 1.54) is 6.92 Å². The maximum atomic E-state index is 12.5. The molecule has 0 radical (unpaired) electrons. The number of ether oxygens (including phenoxy) is 2. The number of nitrogens with zero attached hydrogens (tertiary/aromatic N) is 1. The van der Waals surface area contributed by atoms with E-state index in [0.717, 1.165) is 25.9 Å². The van der Waals surface area contributed by atoms with E-state index in [4.69, 9.17) is 9.47 Å². The maximum absolute atomic E-state index is 12.5. The smallest absolute Gasteiger partial charge is 0.238 e. The Kier molecular flexibility index (Phi) is 6.18. The van der Waals surface area contributed by atoms with Crippen molar-refractivity contribution in [2.24, 2.45) is 5.92 Å². The zero-order valence-corrected chi connectivity index (χ0v) is 16.5. The summed E-state index contributed by atoms with van der Waals surface area (Å²) in [7, 11) is 0. The van der Waals surface area contributed by atoms with Crippen LogP contribution in [0.4, 0.5) is 5.69 Å². The molecule has 2 aliphatic rings. The summed E-state index contributed by atoms with van der Waals surface area (Å²) < 4.78 is 10.6. The van der Waals surface area contributed by atoms with Crippen LogP contribution >= 0.6 is 0 Å². The number of piperidine rings is 1. The van der Waals surface area contributed by atoms with Gasteiger partial charge in [-0.05, 0) is 25.8 Å². The monoisotopic (exact) mass is 389 g/mol. The first-order chi connectivity index (χ1) is 13.3. The highest BCUT2D eigenvalue weighted by Gasteiger charge is 2.24. The number of likely N-dealkylation sites (tertiary alicyclic amines) is 1. The van der Waals surface area contributed by atoms with Crippen molar-refractivity contribution >= 4 is 23.3 Å². The third-order valence-electron chi connectivity index (χ3n) is 4.99. The Morgan fingerprint density at radius 1 is 1.14 bits per heavy atom. The van der Waals surface area contributed by atoms with Crippen molar-refractivity contribution in [2.75, 3.05) is 31.7 Å². The number of hydrogen-bond donors (Lipinski definition) is 2. The number of anilines is 1. The van der Waals surface area contributed by atoms with Gasteiger partial charge in [-0.15, -0.1) is 0 Å². The molecule has 0 aromatic heterocycles. The minimum Gasteiger partial charge on any atom is -0.454 e. The summed E-state index contributed by atoms with van der Waals surface area (Å²) in [6.45, 7) is 7.00. The van der Waals surface area contributed by atoms with Gasteiger partial charge >= 0.3 is 0 Å². The molecule has 1 saturated heterocycles. The van der Waals surface area contributed by atoms with Gasteiger partial charge in [0.05, 0.1) is 12.2 Å². The van der Waals surface area contributed by atoms with Crippen LogP contribution in [0.25, 0.3) is 0 Å². The van der Waals surface area contributed by atoms with E-state index in [9.17, 15) is 14.4 Å². The van der Waals surface area contributed by atoms with Gasteiger partial charge < -0.3 is 20.1 Å². The lowest BCUT2D eigenvalue weighted by Gasteiger charge is -2.32. The molecule has 3 rings (SSSR count). The fourth-order valence-electron chi connectivity index (χ4n) is 3.33. The van der Waals surface area contributed by atoms with Crippen LogP contribution in [0.1, 0.15) is 44.0 Å². The number of hydrogen-bond acceptors (Lipinski definition) is 6. The van der Waals surface area contributed by atoms with Crippen LogP contribution in [0, 0.1) is 5.92 Å². The first-order valence-electron chi connectivity index (χ1n) is 9.60. The second-order valence-corrected chi connectivity index (χ2v) is 7.57. The van der Waals surface area contributed by atoms with E-state index in [1.807, 2.05) is 18.7 Å². The molecule has 0 atom stereocenters. The first kappa shape index (κ1) is 20.1. The van der Waals surface area contributed by atoms with Crippen molar-refractivity contribution in [1.82, 2.24) is 10.2 Å². The molecule has 2 amide bonds. The van der Waals surface area contributed by atoms with Crippen LogP contribution in [-0.4, -0.2) is 55.0 Å². The molecule has 0 saturated carbocycles. The Morgan fingerprint density at radius 2 is 1.79 bits per heavy atom. The third-order valence-corrected chi connectivity index (χ3v) is 4.99. The molecule has 0 spiro atoms. The van der Waals surface area contributed by atoms with Crippen molar-refractivity contribution < 1.29 is 23.9 Å². The minimum atomic E-state index is -0.189. The summed E-state index contributed by atoms with van der Waals surface area (Å²) >= 11 is 0. The predicted octanol–water partition coefficient (Wildman–Crippen LogP) is 1.79. The van der Waals surface area contributed by atoms with Crippen LogP contribution in [0.5, 0.6) is 11.5 Å². The molecule has 1 aromatic rings. The van der Waals surface area contributed by atoms with Gasteiger partial charge in [0, 0.05) is 36.7 Å². The first-order valence-corrected chi connectivity index (χ1v) is 9.60. The molecule has 0 unspecified atom stereocenters. The molecule has 8 heteroatoms. The highest BCUT2D eigenvalue weighted by Crippen LogP contribution is 2.37. The Balaban J connectivity index is 1.54. The Bertz CT molecular complexity index is 769. The van der Waals surface area contributed by atoms with Crippen LogP contribution in [0.15, 0.2) is 12.1 Å². The highest BCUT2D eigenvalue weighted by molar-refractivity contribution is 6.05. The molecule has 2 heterocycles. The average Bonchev–Trinajstić information content (AvgIpc) is 3.09. The van der Waals surface area contributed by atoms with Gasteiger partial charge in [-0.25, -0.2) is 0 Å². The van der Waals surface area contributed by atoms with Crippen molar-refractivity contribution in [1.29, 1.82) is 0 Å². The fourth-order valence-corrected chi connectivity index (χ4v) is 3.33. The topological polar surface area (TPSA) is 97.0 Å². The molecular weight excluding hydrogens is 362 g/mol. The van der Waals surface area contributed by atoms with Gasteiger partial charge in [-0.2, -0.15) is 0 Å². The molecule has 1 aromatic carbocycles. The molecule has 0 aliphatic carbocycles. The van der Waals surface area contributed by atoms with Gasteiger partial charge in [0.1, 0.15) is 0 Å². The van der Waals surface area contributed by atoms with Crippen LogP contribution < -0.4 is 20.1 Å². The zero-order valence-electron chi connectivity index (χ0n) is 16.5. The van der Waals surface area contributed by atoms with Gasteiger partial charge in [-0.3, -0.25) is 19.3 Å². The van der Waals surface area contributed by atoms with Crippen molar-refractivity contribution in [3.8, 4) is 11.5 Å². The Morgan fingerprint density at radius 3 is 2.39 bits per heavy atom. The summed E-state index contributed by atoms with van der Waals surface area (Å²) in [4.78, 5) is 38.3. The summed E-state index contributed by atoms with van der Waals surface area (Å²) in [6.07, 6.45) is 1.63. The van der Waals surface area contributed by atoms with Crippen LogP contribution in [-0.2, 0) is 9.59 Å². The molecule has 28 heavy (non-hydrogen) atoms. The van der Waals surface area contributed by atoms with Crippen LogP contribution in [0.3, 0.4) is 0 Å². The molecule has 1 fully saturated rings. The van der Waals surface area contributed by atoms with Gasteiger partial charge in [0.25, 0.3) is 0 Å². The maximum Gasteiger partial charge on any atom is 0.238 e. The summed E-state index contributed by atoms with van der Waals surface area (Å²) in [5.74, 6) is 0.716. The van der Waals surface area contributed by atoms with E-state index in [2.05, 4.69) is 10.6 Å². The number of ketones is 1. The number of amides is 2. The van der Waals surface area contributed by atoms with Gasteiger partial charge in [0.2, 0.25) is 18.6 Å². The summed E-state index contributed by atoms with van der Waals surface area (Å²) in [5, 5.41) is 5.87. The molecule has 0 bridgehead atoms. The number of benzene rings is 1. The van der Waals surface area contributed by atoms with E-state index in [0.29, 0.717) is 22.7 Å². The number of rotatable bonds is 6. The van der Waals surface area contributed by atoms with E-state index in [1.54, 1.807) is 12.1 Å². The Labute approximate surface area is 164 Å².